The average Bonchev–Trinajstić information content (AvgIpc) is 2.55. The fourth-order valence-corrected chi connectivity index (χ4v) is 2.54. The zero-order valence-electron chi connectivity index (χ0n) is 12.2. The van der Waals surface area contributed by atoms with Gasteiger partial charge in [0.15, 0.2) is 0 Å². The molecule has 1 heterocycles. The third kappa shape index (κ3) is 2.88. The predicted octanol–water partition coefficient (Wildman–Crippen LogP) is 3.33. The quantitative estimate of drug-likeness (QED) is 0.795. The van der Waals surface area contributed by atoms with Crippen LogP contribution < -0.4 is 10.6 Å². The Balaban J connectivity index is 1.88. The summed E-state index contributed by atoms with van der Waals surface area (Å²) >= 11 is 0. The minimum absolute atomic E-state index is 0.584. The zero-order valence-corrected chi connectivity index (χ0v) is 12.2. The molecule has 2 N–H and O–H groups in total. The Morgan fingerprint density at radius 3 is 2.43 bits per heavy atom. The molecule has 3 heteroatoms. The molecule has 1 aromatic heterocycles. The maximum absolute atomic E-state index is 5.63. The van der Waals surface area contributed by atoms with Crippen LogP contribution in [0.5, 0.6) is 0 Å². The molecule has 21 heavy (non-hydrogen) atoms. The van der Waals surface area contributed by atoms with Gasteiger partial charge in [-0.15, -0.1) is 0 Å². The Kier molecular flexibility index (Phi) is 3.84. The van der Waals surface area contributed by atoms with Crippen LogP contribution in [0, 0.1) is 0 Å². The van der Waals surface area contributed by atoms with Gasteiger partial charge in [0.25, 0.3) is 0 Å². The number of nitrogens with zero attached hydrogens (tertiary/aromatic N) is 2. The number of pyridine rings is 1. The molecule has 106 valence electrons. The molecule has 0 saturated carbocycles. The molecule has 0 radical (unpaired) electrons. The van der Waals surface area contributed by atoms with Crippen LogP contribution in [0.15, 0.2) is 60.8 Å². The van der Waals surface area contributed by atoms with Gasteiger partial charge >= 0.3 is 0 Å². The van der Waals surface area contributed by atoms with Crippen molar-refractivity contribution in [3.05, 3.63) is 71.9 Å². The Labute approximate surface area is 125 Å². The first kappa shape index (κ1) is 13.6. The fraction of sp³-hybridized carbons (Fsp3) is 0.167. The Bertz CT molecular complexity index is 730. The average molecular weight is 277 g/mol. The molecular weight excluding hydrogens is 258 g/mol. The number of hydrogen-bond donors (Lipinski definition) is 1. The van der Waals surface area contributed by atoms with Crippen molar-refractivity contribution in [1.82, 2.24) is 4.98 Å². The van der Waals surface area contributed by atoms with Crippen molar-refractivity contribution in [1.29, 1.82) is 0 Å². The van der Waals surface area contributed by atoms with Crippen LogP contribution in [0.3, 0.4) is 0 Å². The number of anilines is 1. The molecule has 0 bridgehead atoms. The first-order valence-electron chi connectivity index (χ1n) is 7.10. The first-order valence-corrected chi connectivity index (χ1v) is 7.10. The summed E-state index contributed by atoms with van der Waals surface area (Å²) in [5, 5.41) is 2.40. The minimum Gasteiger partial charge on any atom is -0.355 e. The molecule has 0 aliphatic rings. The van der Waals surface area contributed by atoms with E-state index < -0.39 is 0 Å². The summed E-state index contributed by atoms with van der Waals surface area (Å²) in [6.07, 6.45) is 1.87. The number of nitrogens with two attached hydrogens (primary N) is 1. The highest BCUT2D eigenvalue weighted by Crippen LogP contribution is 2.24. The summed E-state index contributed by atoms with van der Waals surface area (Å²) in [6.45, 7) is 1.41. The van der Waals surface area contributed by atoms with E-state index in [0.29, 0.717) is 6.54 Å². The molecule has 0 aliphatic heterocycles. The molecule has 3 aromatic rings. The van der Waals surface area contributed by atoms with Crippen molar-refractivity contribution in [2.75, 3.05) is 11.9 Å². The van der Waals surface area contributed by atoms with E-state index in [1.807, 2.05) is 12.3 Å². The largest absolute Gasteiger partial charge is 0.355 e. The van der Waals surface area contributed by atoms with E-state index >= 15 is 0 Å². The van der Waals surface area contributed by atoms with Crippen molar-refractivity contribution < 1.29 is 0 Å². The summed E-state index contributed by atoms with van der Waals surface area (Å²) in [5.74, 6) is 1.01. The summed E-state index contributed by atoms with van der Waals surface area (Å²) in [7, 11) is 2.08. The highest BCUT2D eigenvalue weighted by Gasteiger charge is 2.07. The zero-order chi connectivity index (χ0) is 14.7. The van der Waals surface area contributed by atoms with Crippen molar-refractivity contribution in [3.63, 3.8) is 0 Å². The van der Waals surface area contributed by atoms with Crippen LogP contribution in [0.1, 0.15) is 11.1 Å². The number of hydrogen-bond acceptors (Lipinski definition) is 3. The van der Waals surface area contributed by atoms with Crippen molar-refractivity contribution >= 4 is 16.6 Å². The molecule has 0 amide bonds. The van der Waals surface area contributed by atoms with E-state index in [1.54, 1.807) is 0 Å². The van der Waals surface area contributed by atoms with Crippen LogP contribution in [0.25, 0.3) is 10.8 Å². The molecule has 0 fully saturated rings. The normalized spacial score (nSPS) is 10.8. The summed E-state index contributed by atoms with van der Waals surface area (Å²) in [6, 6.07) is 18.8. The van der Waals surface area contributed by atoms with Crippen LogP contribution in [-0.2, 0) is 13.1 Å². The highest BCUT2D eigenvalue weighted by atomic mass is 15.2. The number of aromatic nitrogens is 1. The molecule has 0 unspecified atom stereocenters. The van der Waals surface area contributed by atoms with Gasteiger partial charge in [0, 0.05) is 31.7 Å². The summed E-state index contributed by atoms with van der Waals surface area (Å²) in [5.41, 5.74) is 8.05. The van der Waals surface area contributed by atoms with E-state index in [9.17, 15) is 0 Å². The van der Waals surface area contributed by atoms with Crippen LogP contribution in [0.2, 0.25) is 0 Å². The first-order chi connectivity index (χ1) is 10.3. The maximum atomic E-state index is 5.63. The lowest BCUT2D eigenvalue weighted by atomic mass is 10.1. The standard InChI is InChI=1S/C18H19N3/c1-21(13-15-8-6-14(12-19)7-9-15)18-17-5-3-2-4-16(17)10-11-20-18/h2-11H,12-13,19H2,1H3. The number of rotatable bonds is 4. The molecule has 3 rings (SSSR count). The smallest absolute Gasteiger partial charge is 0.136 e. The molecular formula is C18H19N3. The van der Waals surface area contributed by atoms with E-state index in [0.717, 1.165) is 17.9 Å². The van der Waals surface area contributed by atoms with E-state index in [2.05, 4.69) is 65.5 Å². The second kappa shape index (κ2) is 5.94. The molecule has 0 saturated heterocycles. The predicted molar refractivity (Wildman–Crippen MR) is 88.2 cm³/mol. The SMILES string of the molecule is CN(Cc1ccc(CN)cc1)c1nccc2ccccc12. The van der Waals surface area contributed by atoms with Crippen LogP contribution in [-0.4, -0.2) is 12.0 Å². The second-order valence-corrected chi connectivity index (χ2v) is 5.23. The highest BCUT2D eigenvalue weighted by molar-refractivity contribution is 5.91. The second-order valence-electron chi connectivity index (χ2n) is 5.23. The third-order valence-corrected chi connectivity index (χ3v) is 3.69. The molecule has 0 aliphatic carbocycles. The van der Waals surface area contributed by atoms with Gasteiger partial charge in [-0.05, 0) is 22.6 Å². The van der Waals surface area contributed by atoms with Gasteiger partial charge in [-0.2, -0.15) is 0 Å². The van der Waals surface area contributed by atoms with Crippen LogP contribution >= 0.6 is 0 Å². The Morgan fingerprint density at radius 1 is 0.952 bits per heavy atom. The monoisotopic (exact) mass is 277 g/mol. The van der Waals surface area contributed by atoms with Gasteiger partial charge in [-0.25, -0.2) is 4.98 Å². The van der Waals surface area contributed by atoms with Crippen LogP contribution in [0.4, 0.5) is 5.82 Å². The van der Waals surface area contributed by atoms with Gasteiger partial charge in [-0.3, -0.25) is 0 Å². The lowest BCUT2D eigenvalue weighted by Gasteiger charge is -2.20. The maximum Gasteiger partial charge on any atom is 0.136 e. The van der Waals surface area contributed by atoms with Gasteiger partial charge in [-0.1, -0.05) is 48.5 Å². The van der Waals surface area contributed by atoms with E-state index in [-0.39, 0.29) is 0 Å². The van der Waals surface area contributed by atoms with Crippen molar-refractivity contribution in [2.24, 2.45) is 5.73 Å². The van der Waals surface area contributed by atoms with Crippen molar-refractivity contribution in [3.8, 4) is 0 Å². The van der Waals surface area contributed by atoms with Gasteiger partial charge in [0.2, 0.25) is 0 Å². The number of benzene rings is 2. The summed E-state index contributed by atoms with van der Waals surface area (Å²) < 4.78 is 0. The lowest BCUT2D eigenvalue weighted by Crippen LogP contribution is -2.18. The molecule has 2 aromatic carbocycles. The fourth-order valence-electron chi connectivity index (χ4n) is 2.54. The van der Waals surface area contributed by atoms with Gasteiger partial charge in [0.05, 0.1) is 0 Å². The topological polar surface area (TPSA) is 42.1 Å². The molecule has 0 atom stereocenters. The summed E-state index contributed by atoms with van der Waals surface area (Å²) in [4.78, 5) is 6.72. The molecule has 3 nitrogen and oxygen atoms in total. The minimum atomic E-state index is 0.584. The van der Waals surface area contributed by atoms with E-state index in [4.69, 9.17) is 5.73 Å². The Hall–Kier alpha value is -2.39. The molecule has 0 spiro atoms. The van der Waals surface area contributed by atoms with Gasteiger partial charge in [0.1, 0.15) is 5.82 Å². The van der Waals surface area contributed by atoms with Crippen molar-refractivity contribution in [2.45, 2.75) is 13.1 Å². The number of fused-ring (bicyclic) bond motifs is 1. The lowest BCUT2D eigenvalue weighted by molar-refractivity contribution is 0.902. The van der Waals surface area contributed by atoms with Gasteiger partial charge < -0.3 is 10.6 Å². The Morgan fingerprint density at radius 2 is 1.67 bits per heavy atom. The van der Waals surface area contributed by atoms with E-state index in [1.165, 1.54) is 16.3 Å². The third-order valence-electron chi connectivity index (χ3n) is 3.69.